The Morgan fingerprint density at radius 2 is 2.20 bits per heavy atom. The molecule has 1 saturated heterocycles. The molecule has 5 heteroatoms. The van der Waals surface area contributed by atoms with Crippen molar-refractivity contribution < 1.29 is 4.74 Å². The number of hydrogen-bond donors (Lipinski definition) is 1. The van der Waals surface area contributed by atoms with Crippen LogP contribution in [0, 0.1) is 5.92 Å². The largest absolute Gasteiger partial charge is 0.384 e. The molecule has 2 rings (SSSR count). The van der Waals surface area contributed by atoms with Crippen molar-refractivity contribution in [2.24, 2.45) is 11.7 Å². The first-order valence-electron chi connectivity index (χ1n) is 7.03. The molecule has 1 aromatic rings. The molecule has 0 bridgehead atoms. The van der Waals surface area contributed by atoms with Gasteiger partial charge in [-0.1, -0.05) is 6.07 Å². The molecule has 2 N–H and O–H groups in total. The minimum atomic E-state index is 0.291. The Balaban J connectivity index is 2.12. The first-order valence-corrected chi connectivity index (χ1v) is 8.62. The average molecular weight is 406 g/mol. The van der Waals surface area contributed by atoms with Gasteiger partial charge in [0.05, 0.1) is 6.61 Å². The lowest BCUT2D eigenvalue weighted by Crippen LogP contribution is -2.42. The van der Waals surface area contributed by atoms with E-state index in [2.05, 4.69) is 55.0 Å². The Morgan fingerprint density at radius 1 is 1.40 bits per heavy atom. The van der Waals surface area contributed by atoms with Crippen LogP contribution in [-0.2, 0) is 4.74 Å². The van der Waals surface area contributed by atoms with Crippen molar-refractivity contribution in [3.63, 3.8) is 0 Å². The molecule has 3 nitrogen and oxygen atoms in total. The summed E-state index contributed by atoms with van der Waals surface area (Å²) < 4.78 is 7.47. The van der Waals surface area contributed by atoms with Gasteiger partial charge in [-0.05, 0) is 74.9 Å². The van der Waals surface area contributed by atoms with E-state index in [9.17, 15) is 0 Å². The first kappa shape index (κ1) is 16.4. The predicted octanol–water partition coefficient (Wildman–Crippen LogP) is 3.57. The van der Waals surface area contributed by atoms with E-state index in [4.69, 9.17) is 10.5 Å². The van der Waals surface area contributed by atoms with Crippen LogP contribution in [0.15, 0.2) is 27.1 Å². The second kappa shape index (κ2) is 7.90. The molecule has 1 aliphatic heterocycles. The Morgan fingerprint density at radius 3 is 2.85 bits per heavy atom. The predicted molar refractivity (Wildman–Crippen MR) is 89.8 cm³/mol. The van der Waals surface area contributed by atoms with Crippen LogP contribution in [0.3, 0.4) is 0 Å². The SMILES string of the molecule is COCC1CCCN(C(CN)c2ccc(Br)c(Br)c2)C1. The maximum atomic E-state index is 6.04. The van der Waals surface area contributed by atoms with Crippen LogP contribution in [-0.4, -0.2) is 38.3 Å². The van der Waals surface area contributed by atoms with Crippen molar-refractivity contribution in [3.8, 4) is 0 Å². The van der Waals surface area contributed by atoms with Crippen LogP contribution < -0.4 is 5.73 Å². The third-order valence-electron chi connectivity index (χ3n) is 3.95. The lowest BCUT2D eigenvalue weighted by Gasteiger charge is -2.38. The number of piperidine rings is 1. The molecule has 0 aliphatic carbocycles. The minimum absolute atomic E-state index is 0.291. The lowest BCUT2D eigenvalue weighted by atomic mass is 9.95. The maximum Gasteiger partial charge on any atom is 0.0502 e. The van der Waals surface area contributed by atoms with E-state index in [1.165, 1.54) is 18.4 Å². The molecule has 1 fully saturated rings. The van der Waals surface area contributed by atoms with Gasteiger partial charge < -0.3 is 10.5 Å². The quantitative estimate of drug-likeness (QED) is 0.813. The van der Waals surface area contributed by atoms with Crippen molar-refractivity contribution in [1.82, 2.24) is 4.90 Å². The van der Waals surface area contributed by atoms with E-state index in [-0.39, 0.29) is 0 Å². The summed E-state index contributed by atoms with van der Waals surface area (Å²) in [6.45, 7) is 3.69. The Labute approximate surface area is 138 Å². The molecule has 0 aromatic heterocycles. The second-order valence-electron chi connectivity index (χ2n) is 5.38. The highest BCUT2D eigenvalue weighted by atomic mass is 79.9. The van der Waals surface area contributed by atoms with E-state index in [0.717, 1.165) is 28.6 Å². The summed E-state index contributed by atoms with van der Waals surface area (Å²) in [5.41, 5.74) is 7.32. The number of likely N-dealkylation sites (tertiary alicyclic amines) is 1. The number of ether oxygens (including phenoxy) is 1. The summed E-state index contributed by atoms with van der Waals surface area (Å²) in [7, 11) is 1.78. The zero-order valence-corrected chi connectivity index (χ0v) is 15.0. The van der Waals surface area contributed by atoms with Gasteiger partial charge in [0.25, 0.3) is 0 Å². The summed E-state index contributed by atoms with van der Waals surface area (Å²) in [6.07, 6.45) is 2.48. The molecule has 1 aliphatic rings. The van der Waals surface area contributed by atoms with Gasteiger partial charge in [0, 0.05) is 35.2 Å². The smallest absolute Gasteiger partial charge is 0.0502 e. The monoisotopic (exact) mass is 404 g/mol. The van der Waals surface area contributed by atoms with E-state index in [0.29, 0.717) is 18.5 Å². The second-order valence-corrected chi connectivity index (χ2v) is 7.09. The summed E-state index contributed by atoms with van der Waals surface area (Å²) >= 11 is 7.10. The van der Waals surface area contributed by atoms with Crippen LogP contribution in [0.2, 0.25) is 0 Å². The third-order valence-corrected chi connectivity index (χ3v) is 5.82. The molecule has 20 heavy (non-hydrogen) atoms. The van der Waals surface area contributed by atoms with Crippen molar-refractivity contribution in [2.75, 3.05) is 33.4 Å². The van der Waals surface area contributed by atoms with E-state index in [1.807, 2.05) is 0 Å². The van der Waals surface area contributed by atoms with Crippen LogP contribution in [0.1, 0.15) is 24.4 Å². The number of nitrogens with zero attached hydrogens (tertiary/aromatic N) is 1. The fourth-order valence-corrected chi connectivity index (χ4v) is 3.61. The maximum absolute atomic E-state index is 6.04. The number of benzene rings is 1. The highest BCUT2D eigenvalue weighted by molar-refractivity contribution is 9.13. The highest BCUT2D eigenvalue weighted by Gasteiger charge is 2.26. The molecule has 2 atom stereocenters. The summed E-state index contributed by atoms with van der Waals surface area (Å²) in [4.78, 5) is 2.50. The number of halogens is 2. The fourth-order valence-electron chi connectivity index (χ4n) is 2.97. The lowest BCUT2D eigenvalue weighted by molar-refractivity contribution is 0.0697. The van der Waals surface area contributed by atoms with Crippen LogP contribution in [0.5, 0.6) is 0 Å². The molecule has 1 heterocycles. The van der Waals surface area contributed by atoms with Gasteiger partial charge in [-0.3, -0.25) is 4.90 Å². The highest BCUT2D eigenvalue weighted by Crippen LogP contribution is 2.31. The number of methoxy groups -OCH3 is 1. The van der Waals surface area contributed by atoms with Crippen molar-refractivity contribution in [3.05, 3.63) is 32.7 Å². The van der Waals surface area contributed by atoms with Gasteiger partial charge in [0.2, 0.25) is 0 Å². The van der Waals surface area contributed by atoms with Crippen LogP contribution >= 0.6 is 31.9 Å². The topological polar surface area (TPSA) is 38.5 Å². The molecule has 0 amide bonds. The molecular formula is C15H22Br2N2O. The molecule has 1 aromatic carbocycles. The summed E-state index contributed by atoms with van der Waals surface area (Å²) in [6, 6.07) is 6.70. The average Bonchev–Trinajstić information content (AvgIpc) is 2.44. The van der Waals surface area contributed by atoms with Crippen molar-refractivity contribution in [2.45, 2.75) is 18.9 Å². The van der Waals surface area contributed by atoms with Gasteiger partial charge in [-0.2, -0.15) is 0 Å². The fraction of sp³-hybridized carbons (Fsp3) is 0.600. The first-order chi connectivity index (χ1) is 9.65. The van der Waals surface area contributed by atoms with E-state index in [1.54, 1.807) is 7.11 Å². The van der Waals surface area contributed by atoms with Gasteiger partial charge >= 0.3 is 0 Å². The number of nitrogens with two attached hydrogens (primary N) is 1. The molecule has 0 radical (unpaired) electrons. The molecule has 0 saturated carbocycles. The summed E-state index contributed by atoms with van der Waals surface area (Å²) in [5, 5.41) is 0. The molecule has 0 spiro atoms. The zero-order valence-electron chi connectivity index (χ0n) is 11.8. The minimum Gasteiger partial charge on any atom is -0.384 e. The Hall–Kier alpha value is 0.0600. The van der Waals surface area contributed by atoms with Crippen LogP contribution in [0.4, 0.5) is 0 Å². The number of rotatable bonds is 5. The zero-order chi connectivity index (χ0) is 14.5. The standard InChI is InChI=1S/C15H22Br2N2O/c1-20-10-11-3-2-6-19(9-11)15(8-18)12-4-5-13(16)14(17)7-12/h4-5,7,11,15H,2-3,6,8-10,18H2,1H3. The molecule has 112 valence electrons. The molecular weight excluding hydrogens is 384 g/mol. The van der Waals surface area contributed by atoms with Gasteiger partial charge in [0.1, 0.15) is 0 Å². The van der Waals surface area contributed by atoms with Crippen molar-refractivity contribution in [1.29, 1.82) is 0 Å². The van der Waals surface area contributed by atoms with Gasteiger partial charge in [0.15, 0.2) is 0 Å². The Kier molecular flexibility index (Phi) is 6.49. The van der Waals surface area contributed by atoms with Crippen LogP contribution in [0.25, 0.3) is 0 Å². The molecule has 2 unspecified atom stereocenters. The third kappa shape index (κ3) is 4.04. The summed E-state index contributed by atoms with van der Waals surface area (Å²) in [5.74, 6) is 0.627. The van der Waals surface area contributed by atoms with Crippen molar-refractivity contribution >= 4 is 31.9 Å². The van der Waals surface area contributed by atoms with E-state index < -0.39 is 0 Å². The Bertz CT molecular complexity index is 440. The van der Waals surface area contributed by atoms with Gasteiger partial charge in [-0.25, -0.2) is 0 Å². The van der Waals surface area contributed by atoms with Gasteiger partial charge in [-0.15, -0.1) is 0 Å². The number of hydrogen-bond acceptors (Lipinski definition) is 3. The normalized spacial score (nSPS) is 21.9. The van der Waals surface area contributed by atoms with E-state index >= 15 is 0 Å².